The largest absolute Gasteiger partial charge is 0.359 e. The third-order valence-electron chi connectivity index (χ3n) is 2.39. The summed E-state index contributed by atoms with van der Waals surface area (Å²) in [6.45, 7) is 2.52. The first-order chi connectivity index (χ1) is 8.19. The topological polar surface area (TPSA) is 71.3 Å². The number of hydrogen-bond acceptors (Lipinski definition) is 4. The monoisotopic (exact) mass is 233 g/mol. The fourth-order valence-corrected chi connectivity index (χ4v) is 1.47. The Labute approximate surface area is 99.0 Å². The van der Waals surface area contributed by atoms with Gasteiger partial charge in [-0.15, -0.1) is 5.10 Å². The molecule has 2 aromatic heterocycles. The van der Waals surface area contributed by atoms with E-state index in [4.69, 9.17) is 0 Å². The van der Waals surface area contributed by atoms with Gasteiger partial charge in [-0.05, 0) is 18.6 Å². The molecule has 2 N–H and O–H groups in total. The lowest BCUT2D eigenvalue weighted by atomic mass is 10.3. The summed E-state index contributed by atoms with van der Waals surface area (Å²) >= 11 is 0. The number of nitrogens with one attached hydrogen (secondary N) is 2. The second-order valence-electron chi connectivity index (χ2n) is 3.79. The highest BCUT2D eigenvalue weighted by atomic mass is 16.1. The van der Waals surface area contributed by atoms with Crippen LogP contribution in [0.2, 0.25) is 0 Å². The molecule has 0 aliphatic heterocycles. The number of amides is 1. The zero-order chi connectivity index (χ0) is 12.3. The minimum atomic E-state index is -0.00268. The molecule has 0 saturated heterocycles. The van der Waals surface area contributed by atoms with E-state index in [0.717, 1.165) is 11.2 Å². The Bertz CT molecular complexity index is 534. The van der Waals surface area contributed by atoms with Gasteiger partial charge in [0.15, 0.2) is 5.65 Å². The molecule has 0 aromatic carbocycles. The Kier molecular flexibility index (Phi) is 3.22. The molecule has 0 atom stereocenters. The van der Waals surface area contributed by atoms with Gasteiger partial charge in [-0.1, -0.05) is 6.07 Å². The van der Waals surface area contributed by atoms with E-state index >= 15 is 0 Å². The van der Waals surface area contributed by atoms with Crippen LogP contribution >= 0.6 is 0 Å². The van der Waals surface area contributed by atoms with E-state index in [0.29, 0.717) is 18.9 Å². The summed E-state index contributed by atoms with van der Waals surface area (Å²) in [6.07, 6.45) is 2.32. The van der Waals surface area contributed by atoms with Gasteiger partial charge in [-0.3, -0.25) is 4.79 Å². The molecule has 17 heavy (non-hydrogen) atoms. The number of anilines is 1. The molecule has 2 rings (SSSR count). The van der Waals surface area contributed by atoms with Crippen molar-refractivity contribution in [1.82, 2.24) is 19.9 Å². The van der Waals surface area contributed by atoms with E-state index < -0.39 is 0 Å². The third-order valence-corrected chi connectivity index (χ3v) is 2.39. The lowest BCUT2D eigenvalue weighted by Gasteiger charge is -1.99. The Balaban J connectivity index is 2.02. The highest BCUT2D eigenvalue weighted by Gasteiger charge is 2.03. The van der Waals surface area contributed by atoms with Crippen molar-refractivity contribution in [2.75, 3.05) is 18.9 Å². The first kappa shape index (κ1) is 11.4. The molecular formula is C11H15N5O. The molecule has 2 aromatic rings. The van der Waals surface area contributed by atoms with Gasteiger partial charge in [0.25, 0.3) is 0 Å². The first-order valence-electron chi connectivity index (χ1n) is 5.46. The zero-order valence-electron chi connectivity index (χ0n) is 9.90. The lowest BCUT2D eigenvalue weighted by Crippen LogP contribution is -2.21. The SMILES string of the molecule is CNC(=O)CCNc1nc2ccc(C)cn2n1. The van der Waals surface area contributed by atoms with Crippen LogP contribution in [0, 0.1) is 6.92 Å². The van der Waals surface area contributed by atoms with Crippen molar-refractivity contribution in [3.05, 3.63) is 23.9 Å². The number of fused-ring (bicyclic) bond motifs is 1. The first-order valence-corrected chi connectivity index (χ1v) is 5.46. The van der Waals surface area contributed by atoms with Gasteiger partial charge in [0.1, 0.15) is 0 Å². The van der Waals surface area contributed by atoms with Crippen LogP contribution in [0.3, 0.4) is 0 Å². The standard InChI is InChI=1S/C11H15N5O/c1-8-3-4-9-14-11(15-16(9)7-8)13-6-5-10(17)12-2/h3-4,7H,5-6H2,1-2H3,(H,12,17)(H,13,15). The van der Waals surface area contributed by atoms with E-state index in [-0.39, 0.29) is 5.91 Å². The van der Waals surface area contributed by atoms with Crippen LogP contribution < -0.4 is 10.6 Å². The van der Waals surface area contributed by atoms with Crippen LogP contribution in [0.4, 0.5) is 5.95 Å². The number of aromatic nitrogens is 3. The molecule has 0 unspecified atom stereocenters. The van der Waals surface area contributed by atoms with Crippen LogP contribution in [-0.4, -0.2) is 34.1 Å². The highest BCUT2D eigenvalue weighted by molar-refractivity contribution is 5.75. The maximum Gasteiger partial charge on any atom is 0.243 e. The number of aryl methyl sites for hydroxylation is 1. The molecule has 0 saturated carbocycles. The van der Waals surface area contributed by atoms with Gasteiger partial charge >= 0.3 is 0 Å². The van der Waals surface area contributed by atoms with Crippen molar-refractivity contribution in [3.8, 4) is 0 Å². The van der Waals surface area contributed by atoms with Gasteiger partial charge < -0.3 is 10.6 Å². The predicted molar refractivity (Wildman–Crippen MR) is 64.9 cm³/mol. The fraction of sp³-hybridized carbons (Fsp3) is 0.364. The van der Waals surface area contributed by atoms with Gasteiger partial charge in [-0.25, -0.2) is 4.52 Å². The van der Waals surface area contributed by atoms with Gasteiger partial charge in [0, 0.05) is 26.2 Å². The summed E-state index contributed by atoms with van der Waals surface area (Å²) in [5.74, 6) is 0.539. The fourth-order valence-electron chi connectivity index (χ4n) is 1.47. The average molecular weight is 233 g/mol. The quantitative estimate of drug-likeness (QED) is 0.810. The summed E-state index contributed by atoms with van der Waals surface area (Å²) in [5.41, 5.74) is 1.91. The Morgan fingerprint density at radius 1 is 1.47 bits per heavy atom. The molecule has 0 aliphatic carbocycles. The molecule has 0 bridgehead atoms. The third kappa shape index (κ3) is 2.72. The predicted octanol–water partition coefficient (Wildman–Crippen LogP) is 0.586. The second-order valence-corrected chi connectivity index (χ2v) is 3.79. The minimum Gasteiger partial charge on any atom is -0.359 e. The molecule has 6 heteroatoms. The molecule has 0 spiro atoms. The second kappa shape index (κ2) is 4.82. The number of nitrogens with zero attached hydrogens (tertiary/aromatic N) is 3. The van der Waals surface area contributed by atoms with Crippen LogP contribution in [-0.2, 0) is 4.79 Å². The van der Waals surface area contributed by atoms with E-state index in [1.54, 1.807) is 11.6 Å². The number of hydrogen-bond donors (Lipinski definition) is 2. The summed E-state index contributed by atoms with van der Waals surface area (Å²) in [5, 5.41) is 9.83. The average Bonchev–Trinajstić information content (AvgIpc) is 2.70. The summed E-state index contributed by atoms with van der Waals surface area (Å²) in [6, 6.07) is 3.89. The Hall–Kier alpha value is -2.11. The maximum atomic E-state index is 11.0. The van der Waals surface area contributed by atoms with E-state index in [9.17, 15) is 4.79 Å². The molecule has 0 radical (unpaired) electrons. The van der Waals surface area contributed by atoms with Gasteiger partial charge in [0.2, 0.25) is 11.9 Å². The van der Waals surface area contributed by atoms with Crippen LogP contribution in [0.15, 0.2) is 18.3 Å². The molecule has 1 amide bonds. The smallest absolute Gasteiger partial charge is 0.243 e. The minimum absolute atomic E-state index is 0.00268. The van der Waals surface area contributed by atoms with Gasteiger partial charge in [0.05, 0.1) is 0 Å². The molecule has 0 aliphatic rings. The van der Waals surface area contributed by atoms with Crippen LogP contribution in [0.25, 0.3) is 5.65 Å². The van der Waals surface area contributed by atoms with E-state index in [2.05, 4.69) is 20.7 Å². The molecule has 0 fully saturated rings. The van der Waals surface area contributed by atoms with Crippen molar-refractivity contribution in [3.63, 3.8) is 0 Å². The summed E-state index contributed by atoms with van der Waals surface area (Å²) < 4.78 is 1.72. The van der Waals surface area contributed by atoms with Crippen molar-refractivity contribution < 1.29 is 4.79 Å². The molecule has 90 valence electrons. The number of carbonyl (C=O) groups excluding carboxylic acids is 1. The Morgan fingerprint density at radius 2 is 2.29 bits per heavy atom. The van der Waals surface area contributed by atoms with Crippen molar-refractivity contribution >= 4 is 17.5 Å². The normalized spacial score (nSPS) is 10.5. The molecular weight excluding hydrogens is 218 g/mol. The zero-order valence-corrected chi connectivity index (χ0v) is 9.90. The van der Waals surface area contributed by atoms with Crippen molar-refractivity contribution in [2.45, 2.75) is 13.3 Å². The van der Waals surface area contributed by atoms with E-state index in [1.807, 2.05) is 25.3 Å². The summed E-state index contributed by atoms with van der Waals surface area (Å²) in [7, 11) is 1.62. The Morgan fingerprint density at radius 3 is 3.06 bits per heavy atom. The van der Waals surface area contributed by atoms with Crippen LogP contribution in [0.5, 0.6) is 0 Å². The van der Waals surface area contributed by atoms with Crippen LogP contribution in [0.1, 0.15) is 12.0 Å². The highest BCUT2D eigenvalue weighted by Crippen LogP contribution is 2.06. The molecule has 2 heterocycles. The van der Waals surface area contributed by atoms with Crippen molar-refractivity contribution in [1.29, 1.82) is 0 Å². The summed E-state index contributed by atoms with van der Waals surface area (Å²) in [4.78, 5) is 15.3. The van der Waals surface area contributed by atoms with E-state index in [1.165, 1.54) is 0 Å². The number of rotatable bonds is 4. The molecule has 6 nitrogen and oxygen atoms in total. The number of pyridine rings is 1. The number of carbonyl (C=O) groups is 1. The van der Waals surface area contributed by atoms with Gasteiger partial charge in [-0.2, -0.15) is 4.98 Å². The maximum absolute atomic E-state index is 11.0. The lowest BCUT2D eigenvalue weighted by molar-refractivity contribution is -0.120. The van der Waals surface area contributed by atoms with Crippen molar-refractivity contribution in [2.24, 2.45) is 0 Å².